The van der Waals surface area contributed by atoms with Crippen molar-refractivity contribution in [1.82, 2.24) is 5.32 Å². The molecule has 1 unspecified atom stereocenters. The fourth-order valence-electron chi connectivity index (χ4n) is 3.83. The van der Waals surface area contributed by atoms with Gasteiger partial charge in [0.1, 0.15) is 17.2 Å². The molecule has 1 amide bonds. The molecular weight excluding hydrogens is 426 g/mol. The number of hydrogen-bond donors (Lipinski definition) is 1. The van der Waals surface area contributed by atoms with Gasteiger partial charge in [-0.25, -0.2) is 0 Å². The minimum Gasteiger partial charge on any atom is -0.496 e. The summed E-state index contributed by atoms with van der Waals surface area (Å²) < 4.78 is 17.1. The molecule has 0 aliphatic rings. The van der Waals surface area contributed by atoms with Crippen LogP contribution in [-0.2, 0) is 11.3 Å². The van der Waals surface area contributed by atoms with Crippen LogP contribution in [0.15, 0.2) is 72.8 Å². The minimum absolute atomic E-state index is 0.0269. The molecule has 3 rings (SSSR count). The van der Waals surface area contributed by atoms with Gasteiger partial charge in [0, 0.05) is 24.4 Å². The van der Waals surface area contributed by atoms with Crippen molar-refractivity contribution in [3.05, 3.63) is 89.5 Å². The quantitative estimate of drug-likeness (QED) is 0.374. The summed E-state index contributed by atoms with van der Waals surface area (Å²) in [5.41, 5.74) is 3.03. The number of benzene rings is 3. The van der Waals surface area contributed by atoms with Crippen molar-refractivity contribution >= 4 is 5.91 Å². The Bertz CT molecular complexity index is 1040. The highest BCUT2D eigenvalue weighted by Crippen LogP contribution is 2.35. The van der Waals surface area contributed by atoms with E-state index >= 15 is 0 Å². The van der Waals surface area contributed by atoms with Crippen LogP contribution in [0.25, 0.3) is 0 Å². The van der Waals surface area contributed by atoms with Crippen molar-refractivity contribution < 1.29 is 19.0 Å². The maximum Gasteiger partial charge on any atom is 0.221 e. The third-order valence-corrected chi connectivity index (χ3v) is 5.34. The summed E-state index contributed by atoms with van der Waals surface area (Å²) in [5, 5.41) is 3.06. The van der Waals surface area contributed by atoms with Crippen LogP contribution in [-0.4, -0.2) is 25.2 Å². The van der Waals surface area contributed by atoms with Crippen LogP contribution in [0.2, 0.25) is 0 Å². The highest BCUT2D eigenvalue weighted by atomic mass is 16.5. The molecule has 3 aromatic carbocycles. The number of methoxy groups -OCH3 is 1. The van der Waals surface area contributed by atoms with Crippen molar-refractivity contribution in [3.63, 3.8) is 0 Å². The van der Waals surface area contributed by atoms with E-state index in [-0.39, 0.29) is 24.0 Å². The monoisotopic (exact) mass is 461 g/mol. The van der Waals surface area contributed by atoms with Crippen LogP contribution in [0.5, 0.6) is 17.2 Å². The first-order valence-corrected chi connectivity index (χ1v) is 11.8. The molecule has 0 aliphatic heterocycles. The van der Waals surface area contributed by atoms with Gasteiger partial charge in [-0.1, -0.05) is 42.5 Å². The van der Waals surface area contributed by atoms with Crippen molar-refractivity contribution in [2.45, 2.75) is 58.8 Å². The third-order valence-electron chi connectivity index (χ3n) is 5.34. The molecule has 1 N–H and O–H groups in total. The number of carbonyl (C=O) groups is 1. The van der Waals surface area contributed by atoms with E-state index in [1.54, 1.807) is 7.11 Å². The summed E-state index contributed by atoms with van der Waals surface area (Å²) in [6.07, 6.45) is 0.537. The Hall–Kier alpha value is -3.47. The van der Waals surface area contributed by atoms with Crippen molar-refractivity contribution in [2.24, 2.45) is 0 Å². The largest absolute Gasteiger partial charge is 0.496 e. The van der Waals surface area contributed by atoms with Gasteiger partial charge in [0.15, 0.2) is 0 Å². The van der Waals surface area contributed by atoms with Crippen LogP contribution >= 0.6 is 0 Å². The number of hydrogen-bond acceptors (Lipinski definition) is 4. The van der Waals surface area contributed by atoms with Crippen LogP contribution in [0.1, 0.15) is 56.7 Å². The Labute approximate surface area is 203 Å². The van der Waals surface area contributed by atoms with E-state index in [4.69, 9.17) is 14.2 Å². The van der Waals surface area contributed by atoms with E-state index in [1.165, 1.54) is 0 Å². The average Bonchev–Trinajstić information content (AvgIpc) is 2.82. The Balaban J connectivity index is 1.74. The van der Waals surface area contributed by atoms with Crippen LogP contribution < -0.4 is 19.5 Å². The van der Waals surface area contributed by atoms with Gasteiger partial charge < -0.3 is 19.5 Å². The summed E-state index contributed by atoms with van der Waals surface area (Å²) in [6.45, 7) is 8.45. The second-order valence-electron chi connectivity index (χ2n) is 8.82. The molecule has 180 valence electrons. The molecular formula is C29H35NO4. The second kappa shape index (κ2) is 12.1. The molecule has 0 saturated heterocycles. The molecule has 0 fully saturated rings. The van der Waals surface area contributed by atoms with E-state index in [9.17, 15) is 4.79 Å². The molecule has 0 aliphatic carbocycles. The molecule has 5 heteroatoms. The second-order valence-corrected chi connectivity index (χ2v) is 8.82. The van der Waals surface area contributed by atoms with Gasteiger partial charge >= 0.3 is 0 Å². The van der Waals surface area contributed by atoms with E-state index in [0.717, 1.165) is 33.9 Å². The van der Waals surface area contributed by atoms with Crippen LogP contribution in [0.3, 0.4) is 0 Å². The zero-order valence-corrected chi connectivity index (χ0v) is 20.7. The van der Waals surface area contributed by atoms with Gasteiger partial charge in [0.2, 0.25) is 5.91 Å². The maximum absolute atomic E-state index is 13.0. The molecule has 0 radical (unpaired) electrons. The Morgan fingerprint density at radius 2 is 1.35 bits per heavy atom. The third kappa shape index (κ3) is 7.27. The topological polar surface area (TPSA) is 56.8 Å². The van der Waals surface area contributed by atoms with Gasteiger partial charge in [-0.15, -0.1) is 0 Å². The summed E-state index contributed by atoms with van der Waals surface area (Å²) in [5.74, 6) is 2.23. The normalized spacial score (nSPS) is 11.9. The van der Waals surface area contributed by atoms with Gasteiger partial charge in [-0.3, -0.25) is 4.79 Å². The molecule has 0 saturated carbocycles. The van der Waals surface area contributed by atoms with Gasteiger partial charge in [0.05, 0.1) is 19.3 Å². The van der Waals surface area contributed by atoms with E-state index in [0.29, 0.717) is 13.0 Å². The average molecular weight is 462 g/mol. The molecule has 1 atom stereocenters. The lowest BCUT2D eigenvalue weighted by Crippen LogP contribution is -2.25. The first-order chi connectivity index (χ1) is 16.4. The fraction of sp³-hybridized carbons (Fsp3) is 0.345. The highest BCUT2D eigenvalue weighted by Gasteiger charge is 2.21. The molecule has 0 heterocycles. The Morgan fingerprint density at radius 3 is 1.91 bits per heavy atom. The number of ether oxygens (including phenoxy) is 3. The zero-order chi connectivity index (χ0) is 24.5. The molecule has 0 spiro atoms. The highest BCUT2D eigenvalue weighted by molar-refractivity contribution is 5.77. The lowest BCUT2D eigenvalue weighted by Gasteiger charge is -2.21. The van der Waals surface area contributed by atoms with Gasteiger partial charge in [0.25, 0.3) is 0 Å². The maximum atomic E-state index is 13.0. The number of amides is 1. The van der Waals surface area contributed by atoms with E-state index < -0.39 is 0 Å². The molecule has 3 aromatic rings. The SMILES string of the molecule is COc1ccccc1C(CC(=O)NCc1ccc(OC(C)C)cc1)c1ccc(OC(C)C)cc1. The Morgan fingerprint density at radius 1 is 0.794 bits per heavy atom. The van der Waals surface area contributed by atoms with Gasteiger partial charge in [-0.2, -0.15) is 0 Å². The van der Waals surface area contributed by atoms with Gasteiger partial charge in [-0.05, 0) is 69.2 Å². The van der Waals surface area contributed by atoms with Crippen LogP contribution in [0.4, 0.5) is 0 Å². The predicted octanol–water partition coefficient (Wildman–Crippen LogP) is 6.11. The van der Waals surface area contributed by atoms with Crippen LogP contribution in [0, 0.1) is 0 Å². The standard InChI is InChI=1S/C29H35NO4/c1-20(2)33-24-14-10-22(11-15-24)19-30-29(31)18-27(26-8-6-7-9-28(26)32-5)23-12-16-25(17-13-23)34-21(3)4/h6-17,20-21,27H,18-19H2,1-5H3,(H,30,31). The molecule has 0 bridgehead atoms. The lowest BCUT2D eigenvalue weighted by atomic mass is 9.87. The lowest BCUT2D eigenvalue weighted by molar-refractivity contribution is -0.121. The van der Waals surface area contributed by atoms with E-state index in [1.807, 2.05) is 100 Å². The number of para-hydroxylation sites is 1. The zero-order valence-electron chi connectivity index (χ0n) is 20.7. The Kier molecular flexibility index (Phi) is 8.97. The van der Waals surface area contributed by atoms with Crippen molar-refractivity contribution in [2.75, 3.05) is 7.11 Å². The number of rotatable bonds is 11. The van der Waals surface area contributed by atoms with Crippen molar-refractivity contribution in [3.8, 4) is 17.2 Å². The minimum atomic E-state index is -0.147. The first-order valence-electron chi connectivity index (χ1n) is 11.8. The summed E-state index contributed by atoms with van der Waals surface area (Å²) in [4.78, 5) is 13.0. The summed E-state index contributed by atoms with van der Waals surface area (Å²) in [7, 11) is 1.65. The van der Waals surface area contributed by atoms with E-state index in [2.05, 4.69) is 5.32 Å². The fourth-order valence-corrected chi connectivity index (χ4v) is 3.83. The number of nitrogens with one attached hydrogen (secondary N) is 1. The smallest absolute Gasteiger partial charge is 0.221 e. The number of carbonyl (C=O) groups excluding carboxylic acids is 1. The first kappa shape index (κ1) is 25.2. The molecule has 34 heavy (non-hydrogen) atoms. The summed E-state index contributed by atoms with van der Waals surface area (Å²) >= 11 is 0. The predicted molar refractivity (Wildman–Crippen MR) is 136 cm³/mol. The van der Waals surface area contributed by atoms with Crippen molar-refractivity contribution in [1.29, 1.82) is 0 Å². The summed E-state index contributed by atoms with van der Waals surface area (Å²) in [6, 6.07) is 23.6. The molecule has 0 aromatic heterocycles. The molecule has 5 nitrogen and oxygen atoms in total.